The van der Waals surface area contributed by atoms with Crippen molar-refractivity contribution in [2.45, 2.75) is 40.0 Å². The molecule has 0 spiro atoms. The van der Waals surface area contributed by atoms with Crippen LogP contribution in [0.2, 0.25) is 0 Å². The van der Waals surface area contributed by atoms with E-state index in [1.807, 2.05) is 32.0 Å². The first kappa shape index (κ1) is 18.6. The third-order valence-corrected chi connectivity index (χ3v) is 5.24. The van der Waals surface area contributed by atoms with E-state index in [1.54, 1.807) is 0 Å². The molecule has 5 nitrogen and oxygen atoms in total. The third-order valence-electron chi connectivity index (χ3n) is 5.24. The zero-order valence-electron chi connectivity index (χ0n) is 16.0. The Morgan fingerprint density at radius 1 is 1.04 bits per heavy atom. The van der Waals surface area contributed by atoms with Crippen LogP contribution in [0.4, 0.5) is 0 Å². The van der Waals surface area contributed by atoms with Gasteiger partial charge in [-0.05, 0) is 56.7 Å². The molecule has 0 aliphatic carbocycles. The SMILES string of the molecule is CCOCCCN1C(=O)C(c2ccc(C)c(C)c2)=C(N2CCCC2)C1=O. The molecule has 0 saturated carbocycles. The topological polar surface area (TPSA) is 49.9 Å². The molecule has 1 fully saturated rings. The third kappa shape index (κ3) is 3.54. The molecule has 2 amide bonds. The molecule has 2 aliphatic rings. The summed E-state index contributed by atoms with van der Waals surface area (Å²) in [5.74, 6) is -0.321. The summed E-state index contributed by atoms with van der Waals surface area (Å²) in [6.07, 6.45) is 2.80. The van der Waals surface area contributed by atoms with Crippen molar-refractivity contribution in [2.24, 2.45) is 0 Å². The maximum absolute atomic E-state index is 13.1. The summed E-state index contributed by atoms with van der Waals surface area (Å²) in [7, 11) is 0. The number of ether oxygens (including phenoxy) is 1. The first-order chi connectivity index (χ1) is 12.5. The van der Waals surface area contributed by atoms with Gasteiger partial charge in [-0.25, -0.2) is 0 Å². The molecule has 0 unspecified atom stereocenters. The lowest BCUT2D eigenvalue weighted by molar-refractivity contribution is -0.137. The van der Waals surface area contributed by atoms with Gasteiger partial charge in [0.25, 0.3) is 11.8 Å². The molecule has 2 aliphatic heterocycles. The van der Waals surface area contributed by atoms with E-state index in [4.69, 9.17) is 4.74 Å². The fourth-order valence-electron chi connectivity index (χ4n) is 3.63. The van der Waals surface area contributed by atoms with Gasteiger partial charge >= 0.3 is 0 Å². The highest BCUT2D eigenvalue weighted by Crippen LogP contribution is 2.34. The molecule has 140 valence electrons. The highest BCUT2D eigenvalue weighted by atomic mass is 16.5. The molecule has 1 aromatic carbocycles. The highest BCUT2D eigenvalue weighted by molar-refractivity contribution is 6.35. The van der Waals surface area contributed by atoms with E-state index in [1.165, 1.54) is 10.5 Å². The fourth-order valence-corrected chi connectivity index (χ4v) is 3.63. The number of nitrogens with zero attached hydrogens (tertiary/aromatic N) is 2. The first-order valence-electron chi connectivity index (χ1n) is 9.55. The minimum atomic E-state index is -0.170. The van der Waals surface area contributed by atoms with Crippen LogP contribution in [0, 0.1) is 13.8 Å². The summed E-state index contributed by atoms with van der Waals surface area (Å²) in [5, 5.41) is 0. The predicted octanol–water partition coefficient (Wildman–Crippen LogP) is 2.91. The summed E-state index contributed by atoms with van der Waals surface area (Å²) in [5.41, 5.74) is 4.32. The van der Waals surface area contributed by atoms with E-state index in [0.717, 1.165) is 37.1 Å². The summed E-state index contributed by atoms with van der Waals surface area (Å²) >= 11 is 0. The van der Waals surface area contributed by atoms with Crippen LogP contribution in [0.3, 0.4) is 0 Å². The van der Waals surface area contributed by atoms with Crippen LogP contribution in [-0.4, -0.2) is 54.5 Å². The number of likely N-dealkylation sites (tertiary alicyclic amines) is 1. The largest absolute Gasteiger partial charge is 0.382 e. The Hall–Kier alpha value is -2.14. The van der Waals surface area contributed by atoms with Gasteiger partial charge in [-0.1, -0.05) is 18.2 Å². The molecule has 1 aromatic rings. The summed E-state index contributed by atoms with van der Waals surface area (Å²) in [6.45, 7) is 9.33. The Balaban J connectivity index is 1.93. The molecule has 0 atom stereocenters. The first-order valence-corrected chi connectivity index (χ1v) is 9.55. The van der Waals surface area contributed by atoms with Gasteiger partial charge in [0.1, 0.15) is 5.70 Å². The van der Waals surface area contributed by atoms with Gasteiger partial charge in [0.2, 0.25) is 0 Å². The average Bonchev–Trinajstić information content (AvgIpc) is 3.22. The van der Waals surface area contributed by atoms with Crippen molar-refractivity contribution >= 4 is 17.4 Å². The zero-order valence-corrected chi connectivity index (χ0v) is 16.0. The number of hydrogen-bond donors (Lipinski definition) is 0. The van der Waals surface area contributed by atoms with E-state index in [0.29, 0.717) is 37.4 Å². The van der Waals surface area contributed by atoms with E-state index in [-0.39, 0.29) is 11.8 Å². The van der Waals surface area contributed by atoms with Gasteiger partial charge in [0.05, 0.1) is 5.57 Å². The number of hydrogen-bond acceptors (Lipinski definition) is 4. The molecular weight excluding hydrogens is 328 g/mol. The molecule has 2 heterocycles. The number of aryl methyl sites for hydroxylation is 2. The van der Waals surface area contributed by atoms with Crippen molar-refractivity contribution in [1.29, 1.82) is 0 Å². The number of carbonyl (C=O) groups is 2. The normalized spacial score (nSPS) is 17.8. The van der Waals surface area contributed by atoms with Gasteiger partial charge < -0.3 is 9.64 Å². The van der Waals surface area contributed by atoms with Gasteiger partial charge in [0.15, 0.2) is 0 Å². The van der Waals surface area contributed by atoms with Gasteiger partial charge in [-0.2, -0.15) is 0 Å². The van der Waals surface area contributed by atoms with Crippen molar-refractivity contribution in [3.05, 3.63) is 40.6 Å². The molecular formula is C21H28N2O3. The van der Waals surface area contributed by atoms with Gasteiger partial charge in [0, 0.05) is 32.8 Å². The van der Waals surface area contributed by atoms with Crippen LogP contribution in [0.25, 0.3) is 5.57 Å². The van der Waals surface area contributed by atoms with E-state index >= 15 is 0 Å². The van der Waals surface area contributed by atoms with Crippen molar-refractivity contribution in [3.8, 4) is 0 Å². The van der Waals surface area contributed by atoms with Crippen molar-refractivity contribution < 1.29 is 14.3 Å². The lowest BCUT2D eigenvalue weighted by atomic mass is 9.99. The second-order valence-electron chi connectivity index (χ2n) is 7.03. The minimum Gasteiger partial charge on any atom is -0.382 e. The molecule has 1 saturated heterocycles. The smallest absolute Gasteiger partial charge is 0.277 e. The molecule has 0 N–H and O–H groups in total. The molecule has 5 heteroatoms. The second-order valence-corrected chi connectivity index (χ2v) is 7.03. The van der Waals surface area contributed by atoms with Crippen LogP contribution < -0.4 is 0 Å². The maximum Gasteiger partial charge on any atom is 0.277 e. The lowest BCUT2D eigenvalue weighted by Gasteiger charge is -2.20. The van der Waals surface area contributed by atoms with Gasteiger partial charge in [-0.3, -0.25) is 14.5 Å². The number of imide groups is 1. The van der Waals surface area contributed by atoms with E-state index < -0.39 is 0 Å². The Morgan fingerprint density at radius 2 is 1.77 bits per heavy atom. The Labute approximate surface area is 155 Å². The van der Waals surface area contributed by atoms with Crippen molar-refractivity contribution in [2.75, 3.05) is 32.8 Å². The Morgan fingerprint density at radius 3 is 2.42 bits per heavy atom. The monoisotopic (exact) mass is 356 g/mol. The van der Waals surface area contributed by atoms with E-state index in [9.17, 15) is 9.59 Å². The summed E-state index contributed by atoms with van der Waals surface area (Å²) in [6, 6.07) is 6.01. The number of carbonyl (C=O) groups excluding carboxylic acids is 2. The Bertz CT molecular complexity index is 733. The Kier molecular flexibility index (Phi) is 5.77. The van der Waals surface area contributed by atoms with Crippen molar-refractivity contribution in [1.82, 2.24) is 9.80 Å². The molecule has 0 aromatic heterocycles. The van der Waals surface area contributed by atoms with Crippen LogP contribution >= 0.6 is 0 Å². The van der Waals surface area contributed by atoms with Crippen LogP contribution in [0.1, 0.15) is 42.9 Å². The molecule has 0 radical (unpaired) electrons. The standard InChI is InChI=1S/C21H28N2O3/c1-4-26-13-7-12-23-20(24)18(17-9-8-15(2)16(3)14-17)19(21(23)25)22-10-5-6-11-22/h8-9,14H,4-7,10-13H2,1-3H3. The summed E-state index contributed by atoms with van der Waals surface area (Å²) < 4.78 is 5.36. The highest BCUT2D eigenvalue weighted by Gasteiger charge is 2.41. The predicted molar refractivity (Wildman–Crippen MR) is 101 cm³/mol. The maximum atomic E-state index is 13.1. The van der Waals surface area contributed by atoms with Crippen LogP contribution in [0.5, 0.6) is 0 Å². The van der Waals surface area contributed by atoms with Crippen LogP contribution in [-0.2, 0) is 14.3 Å². The summed E-state index contributed by atoms with van der Waals surface area (Å²) in [4.78, 5) is 29.7. The number of benzene rings is 1. The average molecular weight is 356 g/mol. The van der Waals surface area contributed by atoms with Crippen LogP contribution in [0.15, 0.2) is 23.9 Å². The second kappa shape index (κ2) is 8.04. The number of amides is 2. The quantitative estimate of drug-likeness (QED) is 0.557. The minimum absolute atomic E-state index is 0.151. The molecule has 0 bridgehead atoms. The fraction of sp³-hybridized carbons (Fsp3) is 0.524. The van der Waals surface area contributed by atoms with Gasteiger partial charge in [-0.15, -0.1) is 0 Å². The van der Waals surface area contributed by atoms with E-state index in [2.05, 4.69) is 11.8 Å². The van der Waals surface area contributed by atoms with Crippen molar-refractivity contribution in [3.63, 3.8) is 0 Å². The lowest BCUT2D eigenvalue weighted by Crippen LogP contribution is -2.35. The zero-order chi connectivity index (χ0) is 18.7. The molecule has 26 heavy (non-hydrogen) atoms. The molecule has 3 rings (SSSR count). The number of rotatable bonds is 7.